The molecule has 8 heteroatoms. The van der Waals surface area contributed by atoms with Crippen LogP contribution in [0, 0.1) is 6.92 Å². The molecule has 0 fully saturated rings. The zero-order chi connectivity index (χ0) is 14.9. The summed E-state index contributed by atoms with van der Waals surface area (Å²) in [6.45, 7) is 1.81. The highest BCUT2D eigenvalue weighted by molar-refractivity contribution is 7.89. The molecule has 0 aliphatic rings. The lowest BCUT2D eigenvalue weighted by Gasteiger charge is -2.16. The molecule has 2 aromatic heterocycles. The summed E-state index contributed by atoms with van der Waals surface area (Å²) in [5.41, 5.74) is 1.11. The Labute approximate surface area is 123 Å². The topological polar surface area (TPSA) is 68.1 Å². The van der Waals surface area contributed by atoms with Gasteiger partial charge in [0.2, 0.25) is 0 Å². The minimum atomic E-state index is -3.66. The van der Waals surface area contributed by atoms with Gasteiger partial charge >= 0.3 is 0 Å². The Kier molecular flexibility index (Phi) is 4.12. The van der Waals surface area contributed by atoms with Gasteiger partial charge in [-0.25, -0.2) is 13.4 Å². The molecule has 2 aromatic rings. The highest BCUT2D eigenvalue weighted by Crippen LogP contribution is 2.20. The summed E-state index contributed by atoms with van der Waals surface area (Å²) in [7, 11) is -0.451. The second kappa shape index (κ2) is 5.51. The molecule has 0 saturated carbocycles. The SMILES string of the molecule is Cc1cccnc1S(=O)(=O)N(C)Cc1nn(C)cc1Cl. The Hall–Kier alpha value is -1.44. The van der Waals surface area contributed by atoms with Crippen LogP contribution in [0.3, 0.4) is 0 Å². The molecule has 0 bridgehead atoms. The molecule has 0 aromatic carbocycles. The van der Waals surface area contributed by atoms with Gasteiger partial charge in [0.1, 0.15) is 0 Å². The summed E-state index contributed by atoms with van der Waals surface area (Å²) in [5, 5.41) is 4.63. The molecule has 0 unspecified atom stereocenters. The highest BCUT2D eigenvalue weighted by atomic mass is 35.5. The Morgan fingerprint density at radius 1 is 1.45 bits per heavy atom. The number of nitrogens with zero attached hydrogens (tertiary/aromatic N) is 4. The number of sulfonamides is 1. The maximum atomic E-state index is 12.5. The molecule has 0 N–H and O–H groups in total. The number of halogens is 1. The second-order valence-corrected chi connectivity index (χ2v) is 6.85. The van der Waals surface area contributed by atoms with Gasteiger partial charge in [0.15, 0.2) is 5.03 Å². The van der Waals surface area contributed by atoms with Crippen LogP contribution in [0.2, 0.25) is 5.02 Å². The van der Waals surface area contributed by atoms with E-state index in [1.165, 1.54) is 17.5 Å². The van der Waals surface area contributed by atoms with Gasteiger partial charge in [-0.15, -0.1) is 0 Å². The summed E-state index contributed by atoms with van der Waals surface area (Å²) < 4.78 is 27.7. The molecule has 0 atom stereocenters. The van der Waals surface area contributed by atoms with E-state index < -0.39 is 10.0 Å². The van der Waals surface area contributed by atoms with E-state index in [2.05, 4.69) is 10.1 Å². The Bertz CT molecular complexity index is 727. The minimum absolute atomic E-state index is 0.0505. The third-order valence-electron chi connectivity index (χ3n) is 2.84. The summed E-state index contributed by atoms with van der Waals surface area (Å²) in [6, 6.07) is 3.41. The van der Waals surface area contributed by atoms with Gasteiger partial charge in [-0.2, -0.15) is 9.40 Å². The van der Waals surface area contributed by atoms with Crippen molar-refractivity contribution in [1.29, 1.82) is 0 Å². The summed E-state index contributed by atoms with van der Waals surface area (Å²) in [6.07, 6.45) is 3.09. The van der Waals surface area contributed by atoms with Crippen molar-refractivity contribution >= 4 is 21.6 Å². The van der Waals surface area contributed by atoms with Crippen LogP contribution >= 0.6 is 11.6 Å². The van der Waals surface area contributed by atoms with E-state index in [9.17, 15) is 8.42 Å². The van der Waals surface area contributed by atoms with E-state index in [0.29, 0.717) is 16.3 Å². The number of hydrogen-bond donors (Lipinski definition) is 0. The average molecular weight is 315 g/mol. The quantitative estimate of drug-likeness (QED) is 0.859. The molecule has 0 radical (unpaired) electrons. The smallest absolute Gasteiger partial charge is 0.260 e. The van der Waals surface area contributed by atoms with Crippen LogP contribution in [0.5, 0.6) is 0 Å². The molecule has 0 spiro atoms. The molecule has 2 heterocycles. The number of rotatable bonds is 4. The van der Waals surface area contributed by atoms with Gasteiger partial charge in [-0.1, -0.05) is 17.7 Å². The molecule has 0 amide bonds. The normalized spacial score (nSPS) is 12.1. The first-order chi connectivity index (χ1) is 9.32. The molecule has 108 valence electrons. The van der Waals surface area contributed by atoms with Crippen molar-refractivity contribution in [3.63, 3.8) is 0 Å². The fraction of sp³-hybridized carbons (Fsp3) is 0.333. The van der Waals surface area contributed by atoms with Crippen LogP contribution < -0.4 is 0 Å². The number of aryl methyl sites for hydroxylation is 2. The van der Waals surface area contributed by atoms with E-state index >= 15 is 0 Å². The highest BCUT2D eigenvalue weighted by Gasteiger charge is 2.25. The molecule has 0 saturated heterocycles. The van der Waals surface area contributed by atoms with Crippen molar-refractivity contribution in [2.45, 2.75) is 18.5 Å². The van der Waals surface area contributed by atoms with Crippen molar-refractivity contribution in [2.75, 3.05) is 7.05 Å². The molecular formula is C12H15ClN4O2S. The minimum Gasteiger partial charge on any atom is -0.274 e. The largest absolute Gasteiger partial charge is 0.274 e. The van der Waals surface area contributed by atoms with Crippen molar-refractivity contribution in [1.82, 2.24) is 19.1 Å². The van der Waals surface area contributed by atoms with E-state index in [1.807, 2.05) is 0 Å². The van der Waals surface area contributed by atoms with Crippen molar-refractivity contribution in [2.24, 2.45) is 7.05 Å². The van der Waals surface area contributed by atoms with Crippen LogP contribution in [-0.2, 0) is 23.6 Å². The Morgan fingerprint density at radius 2 is 2.15 bits per heavy atom. The van der Waals surface area contributed by atoms with Crippen LogP contribution in [0.25, 0.3) is 0 Å². The molecule has 0 aliphatic carbocycles. The van der Waals surface area contributed by atoms with Crippen molar-refractivity contribution < 1.29 is 8.42 Å². The monoisotopic (exact) mass is 314 g/mol. The predicted molar refractivity (Wildman–Crippen MR) is 75.8 cm³/mol. The molecule has 2 rings (SSSR count). The lowest BCUT2D eigenvalue weighted by Crippen LogP contribution is -2.28. The van der Waals surface area contributed by atoms with Gasteiger partial charge in [0.25, 0.3) is 10.0 Å². The standard InChI is InChI=1S/C12H15ClN4O2S/c1-9-5-4-6-14-12(9)20(18,19)17(3)8-11-10(13)7-16(2)15-11/h4-7H,8H2,1-3H3. The van der Waals surface area contributed by atoms with Crippen LogP contribution in [-0.4, -0.2) is 34.5 Å². The fourth-order valence-electron chi connectivity index (χ4n) is 1.80. The maximum Gasteiger partial charge on any atom is 0.260 e. The first-order valence-electron chi connectivity index (χ1n) is 5.88. The predicted octanol–water partition coefficient (Wildman–Crippen LogP) is 1.60. The van der Waals surface area contributed by atoms with E-state index in [4.69, 9.17) is 11.6 Å². The van der Waals surface area contributed by atoms with E-state index in [0.717, 1.165) is 0 Å². The summed E-state index contributed by atoms with van der Waals surface area (Å²) >= 11 is 6.00. The summed E-state index contributed by atoms with van der Waals surface area (Å²) in [4.78, 5) is 3.95. The number of aromatic nitrogens is 3. The molecular weight excluding hydrogens is 300 g/mol. The number of pyridine rings is 1. The van der Waals surface area contributed by atoms with Gasteiger partial charge in [0.05, 0.1) is 17.3 Å². The van der Waals surface area contributed by atoms with Crippen LogP contribution in [0.1, 0.15) is 11.3 Å². The zero-order valence-corrected chi connectivity index (χ0v) is 13.0. The van der Waals surface area contributed by atoms with E-state index in [-0.39, 0.29) is 11.6 Å². The van der Waals surface area contributed by atoms with Crippen molar-refractivity contribution in [3.8, 4) is 0 Å². The van der Waals surface area contributed by atoms with Gasteiger partial charge in [0, 0.05) is 26.5 Å². The van der Waals surface area contributed by atoms with E-state index in [1.54, 1.807) is 37.0 Å². The third kappa shape index (κ3) is 2.84. The maximum absolute atomic E-state index is 12.5. The molecule has 20 heavy (non-hydrogen) atoms. The van der Waals surface area contributed by atoms with Crippen LogP contribution in [0.15, 0.2) is 29.6 Å². The second-order valence-electron chi connectivity index (χ2n) is 4.48. The molecule has 0 aliphatic heterocycles. The molecule has 6 nitrogen and oxygen atoms in total. The number of hydrogen-bond acceptors (Lipinski definition) is 4. The third-order valence-corrected chi connectivity index (χ3v) is 5.02. The lowest BCUT2D eigenvalue weighted by molar-refractivity contribution is 0.456. The van der Waals surface area contributed by atoms with Gasteiger partial charge in [-0.05, 0) is 18.6 Å². The first-order valence-corrected chi connectivity index (χ1v) is 7.70. The van der Waals surface area contributed by atoms with Crippen molar-refractivity contribution in [3.05, 3.63) is 40.8 Å². The zero-order valence-electron chi connectivity index (χ0n) is 11.4. The summed E-state index contributed by atoms with van der Waals surface area (Å²) in [5.74, 6) is 0. The lowest BCUT2D eigenvalue weighted by atomic mass is 10.3. The Morgan fingerprint density at radius 3 is 2.70 bits per heavy atom. The average Bonchev–Trinajstić information content (AvgIpc) is 2.68. The van der Waals surface area contributed by atoms with Crippen LogP contribution in [0.4, 0.5) is 0 Å². The fourth-order valence-corrected chi connectivity index (χ4v) is 3.29. The van der Waals surface area contributed by atoms with Gasteiger partial charge < -0.3 is 0 Å². The van der Waals surface area contributed by atoms with Gasteiger partial charge in [-0.3, -0.25) is 4.68 Å². The first kappa shape index (κ1) is 15.0. The Balaban J connectivity index is 2.31.